The Morgan fingerprint density at radius 3 is 2.42 bits per heavy atom. The van der Waals surface area contributed by atoms with Crippen molar-refractivity contribution in [3.63, 3.8) is 0 Å². The highest BCUT2D eigenvalue weighted by atomic mass is 35.5. The van der Waals surface area contributed by atoms with E-state index in [4.69, 9.17) is 21.1 Å². The summed E-state index contributed by atoms with van der Waals surface area (Å²) < 4.78 is 10.8. The molecule has 5 nitrogen and oxygen atoms in total. The fourth-order valence-corrected chi connectivity index (χ4v) is 3.06. The molecule has 1 amide bonds. The molecule has 0 bridgehead atoms. The average Bonchev–Trinajstić information content (AvgIpc) is 2.68. The lowest BCUT2D eigenvalue weighted by atomic mass is 10.2. The van der Waals surface area contributed by atoms with Crippen LogP contribution in [0, 0.1) is 0 Å². The van der Waals surface area contributed by atoms with E-state index < -0.39 is 0 Å². The van der Waals surface area contributed by atoms with E-state index in [0.717, 1.165) is 24.7 Å². The van der Waals surface area contributed by atoms with Crippen molar-refractivity contribution in [2.45, 2.75) is 6.54 Å². The van der Waals surface area contributed by atoms with E-state index in [-0.39, 0.29) is 12.5 Å². The van der Waals surface area contributed by atoms with Crippen LogP contribution in [0.25, 0.3) is 0 Å². The normalized spacial score (nSPS) is 14.9. The van der Waals surface area contributed by atoms with Gasteiger partial charge in [-0.05, 0) is 29.8 Å². The molecule has 0 radical (unpaired) electrons. The highest BCUT2D eigenvalue weighted by Crippen LogP contribution is 2.19. The molecule has 1 aliphatic rings. The van der Waals surface area contributed by atoms with Crippen LogP contribution >= 0.6 is 11.6 Å². The molecule has 0 aromatic heterocycles. The predicted octanol–water partition coefficient (Wildman–Crippen LogP) is 3.07. The van der Waals surface area contributed by atoms with Crippen LogP contribution in [0.15, 0.2) is 48.5 Å². The summed E-state index contributed by atoms with van der Waals surface area (Å²) in [4.78, 5) is 16.6. The van der Waals surface area contributed by atoms with Gasteiger partial charge in [-0.3, -0.25) is 9.69 Å². The second kappa shape index (κ2) is 8.92. The fourth-order valence-electron chi connectivity index (χ4n) is 2.93. The summed E-state index contributed by atoms with van der Waals surface area (Å²) in [6.07, 6.45) is 0. The van der Waals surface area contributed by atoms with Crippen LogP contribution in [0.5, 0.6) is 11.5 Å². The number of benzene rings is 2. The molecule has 138 valence electrons. The van der Waals surface area contributed by atoms with Crippen LogP contribution in [0.3, 0.4) is 0 Å². The van der Waals surface area contributed by atoms with Gasteiger partial charge in [-0.15, -0.1) is 0 Å². The van der Waals surface area contributed by atoms with Gasteiger partial charge in [-0.2, -0.15) is 0 Å². The number of rotatable bonds is 6. The van der Waals surface area contributed by atoms with Crippen LogP contribution in [0.1, 0.15) is 5.56 Å². The zero-order valence-electron chi connectivity index (χ0n) is 14.9. The molecule has 1 aliphatic heterocycles. The minimum absolute atomic E-state index is 0.0129. The van der Waals surface area contributed by atoms with E-state index in [1.165, 1.54) is 5.56 Å². The Hall–Kier alpha value is -2.24. The Labute approximate surface area is 159 Å². The highest BCUT2D eigenvalue weighted by molar-refractivity contribution is 6.30. The fraction of sp³-hybridized carbons (Fsp3) is 0.350. The van der Waals surface area contributed by atoms with E-state index in [9.17, 15) is 4.79 Å². The number of amides is 1. The Morgan fingerprint density at radius 1 is 1.04 bits per heavy atom. The van der Waals surface area contributed by atoms with Gasteiger partial charge in [0.05, 0.1) is 7.11 Å². The van der Waals surface area contributed by atoms with E-state index in [1.54, 1.807) is 13.2 Å². The molecule has 2 aromatic rings. The molecule has 0 saturated carbocycles. The molecular weight excluding hydrogens is 352 g/mol. The van der Waals surface area contributed by atoms with Crippen LogP contribution in [0.4, 0.5) is 0 Å². The number of hydrogen-bond donors (Lipinski definition) is 0. The van der Waals surface area contributed by atoms with Gasteiger partial charge in [0.25, 0.3) is 5.91 Å². The molecule has 0 N–H and O–H groups in total. The Balaban J connectivity index is 1.43. The molecule has 3 rings (SSSR count). The lowest BCUT2D eigenvalue weighted by Crippen LogP contribution is -2.49. The number of ether oxygens (including phenoxy) is 2. The lowest BCUT2D eigenvalue weighted by molar-refractivity contribution is -0.135. The maximum Gasteiger partial charge on any atom is 0.260 e. The van der Waals surface area contributed by atoms with Gasteiger partial charge in [-0.1, -0.05) is 29.8 Å². The molecule has 6 heteroatoms. The van der Waals surface area contributed by atoms with Crippen molar-refractivity contribution < 1.29 is 14.3 Å². The molecule has 1 heterocycles. The van der Waals surface area contributed by atoms with Crippen molar-refractivity contribution >= 4 is 17.5 Å². The minimum atomic E-state index is 0.0129. The Bertz CT molecular complexity index is 728. The standard InChI is InChI=1S/C20H23ClN2O3/c1-25-18-3-2-4-19(13-18)26-15-20(24)23-11-9-22(10-12-23)14-16-5-7-17(21)8-6-16/h2-8,13H,9-12,14-15H2,1H3. The summed E-state index contributed by atoms with van der Waals surface area (Å²) in [5.74, 6) is 1.36. The van der Waals surface area contributed by atoms with Crippen LogP contribution in [0.2, 0.25) is 5.02 Å². The maximum absolute atomic E-state index is 12.4. The van der Waals surface area contributed by atoms with Crippen molar-refractivity contribution in [1.82, 2.24) is 9.80 Å². The molecule has 26 heavy (non-hydrogen) atoms. The van der Waals surface area contributed by atoms with E-state index in [0.29, 0.717) is 24.6 Å². The topological polar surface area (TPSA) is 42.0 Å². The van der Waals surface area contributed by atoms with Crippen LogP contribution in [-0.4, -0.2) is 55.6 Å². The summed E-state index contributed by atoms with van der Waals surface area (Å²) in [6.45, 7) is 4.06. The van der Waals surface area contributed by atoms with Gasteiger partial charge in [-0.25, -0.2) is 0 Å². The number of piperazine rings is 1. The number of hydrogen-bond acceptors (Lipinski definition) is 4. The number of nitrogens with zero attached hydrogens (tertiary/aromatic N) is 2. The van der Waals surface area contributed by atoms with Crippen molar-refractivity contribution in [2.75, 3.05) is 39.9 Å². The molecule has 0 atom stereocenters. The summed E-state index contributed by atoms with van der Waals surface area (Å²) in [5.41, 5.74) is 1.23. The van der Waals surface area contributed by atoms with Gasteiger partial charge in [0.2, 0.25) is 0 Å². The molecule has 2 aromatic carbocycles. The first kappa shape index (κ1) is 18.5. The zero-order chi connectivity index (χ0) is 18.4. The minimum Gasteiger partial charge on any atom is -0.497 e. The second-order valence-electron chi connectivity index (χ2n) is 6.25. The molecule has 0 aliphatic carbocycles. The molecule has 1 saturated heterocycles. The van der Waals surface area contributed by atoms with Crippen molar-refractivity contribution in [3.05, 3.63) is 59.1 Å². The molecule has 0 spiro atoms. The first-order chi connectivity index (χ1) is 12.6. The van der Waals surface area contributed by atoms with Crippen LogP contribution in [-0.2, 0) is 11.3 Å². The van der Waals surface area contributed by atoms with Gasteiger partial charge < -0.3 is 14.4 Å². The van der Waals surface area contributed by atoms with Gasteiger partial charge in [0, 0.05) is 43.8 Å². The number of methoxy groups -OCH3 is 1. The van der Waals surface area contributed by atoms with Crippen molar-refractivity contribution in [3.8, 4) is 11.5 Å². The van der Waals surface area contributed by atoms with Gasteiger partial charge >= 0.3 is 0 Å². The SMILES string of the molecule is COc1cccc(OCC(=O)N2CCN(Cc3ccc(Cl)cc3)CC2)c1. The smallest absolute Gasteiger partial charge is 0.260 e. The summed E-state index contributed by atoms with van der Waals surface area (Å²) in [5, 5.41) is 0.750. The first-order valence-electron chi connectivity index (χ1n) is 8.65. The van der Waals surface area contributed by atoms with Gasteiger partial charge in [0.15, 0.2) is 6.61 Å². The lowest BCUT2D eigenvalue weighted by Gasteiger charge is -2.34. The zero-order valence-corrected chi connectivity index (χ0v) is 15.6. The third-order valence-electron chi connectivity index (χ3n) is 4.45. The Kier molecular flexibility index (Phi) is 6.36. The summed E-state index contributed by atoms with van der Waals surface area (Å²) >= 11 is 5.92. The third-order valence-corrected chi connectivity index (χ3v) is 4.70. The Morgan fingerprint density at radius 2 is 1.73 bits per heavy atom. The van der Waals surface area contributed by atoms with E-state index in [1.807, 2.05) is 47.4 Å². The largest absolute Gasteiger partial charge is 0.497 e. The summed E-state index contributed by atoms with van der Waals surface area (Å²) in [6, 6.07) is 15.2. The number of carbonyl (C=O) groups is 1. The van der Waals surface area contributed by atoms with Crippen LogP contribution < -0.4 is 9.47 Å². The molecular formula is C20H23ClN2O3. The van der Waals surface area contributed by atoms with Crippen molar-refractivity contribution in [2.24, 2.45) is 0 Å². The third kappa shape index (κ3) is 5.13. The second-order valence-corrected chi connectivity index (χ2v) is 6.69. The average molecular weight is 375 g/mol. The number of halogens is 1. The van der Waals surface area contributed by atoms with E-state index >= 15 is 0 Å². The van der Waals surface area contributed by atoms with Crippen molar-refractivity contribution in [1.29, 1.82) is 0 Å². The monoisotopic (exact) mass is 374 g/mol. The quantitative estimate of drug-likeness (QED) is 0.779. The first-order valence-corrected chi connectivity index (χ1v) is 9.03. The maximum atomic E-state index is 12.4. The van der Waals surface area contributed by atoms with E-state index in [2.05, 4.69) is 4.90 Å². The highest BCUT2D eigenvalue weighted by Gasteiger charge is 2.21. The molecule has 1 fully saturated rings. The van der Waals surface area contributed by atoms with Gasteiger partial charge in [0.1, 0.15) is 11.5 Å². The predicted molar refractivity (Wildman–Crippen MR) is 102 cm³/mol. The number of carbonyl (C=O) groups excluding carboxylic acids is 1. The molecule has 0 unspecified atom stereocenters. The summed E-state index contributed by atoms with van der Waals surface area (Å²) in [7, 11) is 1.60.